The van der Waals surface area contributed by atoms with Crippen LogP contribution in [0.2, 0.25) is 0 Å². The van der Waals surface area contributed by atoms with Crippen molar-refractivity contribution in [3.05, 3.63) is 81.5 Å². The van der Waals surface area contributed by atoms with Crippen LogP contribution in [0.1, 0.15) is 39.8 Å². The molecule has 6 rings (SSSR count). The topological polar surface area (TPSA) is 98.2 Å². The molecule has 2 aromatic carbocycles. The second-order valence-electron chi connectivity index (χ2n) is 8.21. The summed E-state index contributed by atoms with van der Waals surface area (Å²) < 4.78 is 0. The Labute approximate surface area is 198 Å². The number of benzene rings is 2. The van der Waals surface area contributed by atoms with E-state index in [0.717, 1.165) is 73.9 Å². The molecule has 3 aliphatic heterocycles. The van der Waals surface area contributed by atoms with E-state index >= 15 is 0 Å². The lowest BCUT2D eigenvalue weighted by atomic mass is 9.99. The maximum Gasteiger partial charge on any atom is 0.134 e. The maximum atomic E-state index is 4.31. The second-order valence-corrected chi connectivity index (χ2v) is 8.21. The largest absolute Gasteiger partial charge is 0.325 e. The maximum absolute atomic E-state index is 4.31. The Morgan fingerprint density at radius 2 is 0.941 bits per heavy atom. The normalized spacial score (nSPS) is 21.4. The lowest BCUT2D eigenvalue weighted by Crippen LogP contribution is -2.23. The van der Waals surface area contributed by atoms with Gasteiger partial charge in [-0.15, -0.1) is 0 Å². The minimum Gasteiger partial charge on any atom is -0.325 e. The van der Waals surface area contributed by atoms with Gasteiger partial charge in [-0.25, -0.2) is 0 Å². The molecule has 0 bridgehead atoms. The summed E-state index contributed by atoms with van der Waals surface area (Å²) >= 11 is 0. The monoisotopic (exact) mass is 450 g/mol. The number of rotatable bonds is 0. The molecule has 3 heterocycles. The van der Waals surface area contributed by atoms with Gasteiger partial charge in [-0.3, -0.25) is 30.0 Å². The molecule has 34 heavy (non-hydrogen) atoms. The number of nitrogens with zero attached hydrogens (tertiary/aromatic N) is 6. The summed E-state index contributed by atoms with van der Waals surface area (Å²) in [6, 6.07) is 8.35. The Bertz CT molecular complexity index is 1410. The third-order valence-corrected chi connectivity index (χ3v) is 6.33. The summed E-state index contributed by atoms with van der Waals surface area (Å²) in [5, 5.41) is 8.29. The van der Waals surface area contributed by atoms with Gasteiger partial charge in [-0.2, -0.15) is 0 Å². The van der Waals surface area contributed by atoms with Crippen molar-refractivity contribution in [3.8, 4) is 0 Å². The van der Waals surface area contributed by atoms with Gasteiger partial charge in [0.1, 0.15) is 30.0 Å². The first kappa shape index (κ1) is 21.6. The molecular weight excluding hydrogens is 424 g/mol. The Morgan fingerprint density at radius 1 is 0.588 bits per heavy atom. The van der Waals surface area contributed by atoms with E-state index in [4.69, 9.17) is 0 Å². The molecule has 8 nitrogen and oxygen atoms in total. The van der Waals surface area contributed by atoms with Gasteiger partial charge in [-0.05, 0) is 53.0 Å². The quantitative estimate of drug-likeness (QED) is 0.639. The molecule has 2 aromatic rings. The van der Waals surface area contributed by atoms with Crippen LogP contribution in [0.15, 0.2) is 67.4 Å². The fourth-order valence-corrected chi connectivity index (χ4v) is 4.63. The third kappa shape index (κ3) is 3.30. The van der Waals surface area contributed by atoms with Gasteiger partial charge in [0.15, 0.2) is 0 Å². The lowest BCUT2D eigenvalue weighted by molar-refractivity contribution is 1.06. The zero-order valence-corrected chi connectivity index (χ0v) is 19.8. The predicted octanol–water partition coefficient (Wildman–Crippen LogP) is 1.73. The van der Waals surface area contributed by atoms with Gasteiger partial charge < -0.3 is 10.6 Å². The van der Waals surface area contributed by atoms with E-state index in [1.54, 1.807) is 28.2 Å². The number of allylic oxidation sites excluding steroid dienone is 2. The first-order valence-electron chi connectivity index (χ1n) is 11.0. The van der Waals surface area contributed by atoms with Crippen molar-refractivity contribution in [2.75, 3.05) is 34.9 Å². The summed E-state index contributed by atoms with van der Waals surface area (Å²) in [7, 11) is 7.09. The molecule has 0 saturated carbocycles. The van der Waals surface area contributed by atoms with Crippen LogP contribution >= 0.6 is 0 Å². The van der Waals surface area contributed by atoms with Crippen LogP contribution in [0.5, 0.6) is 0 Å². The zero-order chi connectivity index (χ0) is 24.0. The minimum absolute atomic E-state index is 0.531. The minimum atomic E-state index is 0.531. The van der Waals surface area contributed by atoms with Crippen molar-refractivity contribution in [1.29, 1.82) is 0 Å². The first-order valence-corrected chi connectivity index (χ1v) is 11.0. The van der Waals surface area contributed by atoms with Crippen molar-refractivity contribution < 1.29 is 0 Å². The second kappa shape index (κ2) is 8.30. The van der Waals surface area contributed by atoms with Crippen LogP contribution in [-0.4, -0.2) is 58.2 Å². The van der Waals surface area contributed by atoms with E-state index in [-0.39, 0.29) is 0 Å². The standard InChI is InChI=1S/C15H15N3.C11H11N5/c1-8-5-9(2)11-7-13-12(6-10(8)11)14(16-3)18-15(13)17-4;1-12-10-6-3-8-9(15-5-14-8)4-7(6)11(13-2)16-10/h6-7H,1-2,5H2,3-4H3,(H,16,17,18);3-4H,5H2,1-2H3,(H,12,13,16). The Morgan fingerprint density at radius 3 is 1.29 bits per heavy atom. The van der Waals surface area contributed by atoms with Crippen LogP contribution in [0.4, 0.5) is 0 Å². The zero-order valence-electron chi connectivity index (χ0n) is 19.8. The van der Waals surface area contributed by atoms with Crippen molar-refractivity contribution in [2.45, 2.75) is 6.42 Å². The molecule has 2 N–H and O–H groups in total. The lowest BCUT2D eigenvalue weighted by Gasteiger charge is -2.04. The summed E-state index contributed by atoms with van der Waals surface area (Å²) in [4.78, 5) is 25.6. The number of fused-ring (bicyclic) bond motifs is 4. The molecule has 0 saturated heterocycles. The van der Waals surface area contributed by atoms with E-state index in [1.165, 1.54) is 11.1 Å². The summed E-state index contributed by atoms with van der Waals surface area (Å²) in [5.41, 5.74) is 8.98. The van der Waals surface area contributed by atoms with Gasteiger partial charge in [0, 0.05) is 50.4 Å². The Hall–Kier alpha value is -4.20. The average Bonchev–Trinajstić information content (AvgIpc) is 3.60. The van der Waals surface area contributed by atoms with Crippen molar-refractivity contribution in [2.24, 2.45) is 30.0 Å². The number of amidine groups is 4. The fourth-order valence-electron chi connectivity index (χ4n) is 4.63. The van der Waals surface area contributed by atoms with Gasteiger partial charge >= 0.3 is 0 Å². The predicted molar refractivity (Wildman–Crippen MR) is 139 cm³/mol. The molecular formula is C26H26N8. The van der Waals surface area contributed by atoms with Gasteiger partial charge in [-0.1, -0.05) is 13.2 Å². The molecule has 0 amide bonds. The number of hydrogen-bond acceptors (Lipinski definition) is 6. The fraction of sp³-hybridized carbons (Fsp3) is 0.231. The highest BCUT2D eigenvalue weighted by Gasteiger charge is 2.28. The van der Waals surface area contributed by atoms with Crippen LogP contribution in [0, 0.1) is 0 Å². The molecule has 0 radical (unpaired) electrons. The van der Waals surface area contributed by atoms with E-state index in [1.807, 2.05) is 12.1 Å². The number of hydrogen-bond donors (Lipinski definition) is 2. The first-order chi connectivity index (χ1) is 16.5. The van der Waals surface area contributed by atoms with Gasteiger partial charge in [0.2, 0.25) is 0 Å². The van der Waals surface area contributed by atoms with Gasteiger partial charge in [0.25, 0.3) is 0 Å². The Kier molecular flexibility index (Phi) is 5.28. The van der Waals surface area contributed by atoms with Crippen molar-refractivity contribution in [3.63, 3.8) is 0 Å². The molecule has 0 unspecified atom stereocenters. The van der Waals surface area contributed by atoms with E-state index < -0.39 is 0 Å². The highest BCUT2D eigenvalue weighted by Crippen LogP contribution is 2.40. The molecule has 1 aliphatic carbocycles. The van der Waals surface area contributed by atoms with E-state index in [0.29, 0.717) is 6.67 Å². The molecule has 8 heteroatoms. The number of nitrogens with one attached hydrogen (secondary N) is 2. The summed E-state index contributed by atoms with van der Waals surface area (Å²) in [6.07, 6.45) is 0.864. The highest BCUT2D eigenvalue weighted by molar-refractivity contribution is 6.26. The molecule has 0 atom stereocenters. The van der Waals surface area contributed by atoms with Crippen molar-refractivity contribution >= 4 is 34.5 Å². The number of aliphatic imine (C=N–C) groups is 4. The van der Waals surface area contributed by atoms with Crippen LogP contribution in [0.25, 0.3) is 11.1 Å². The SMILES string of the molecule is C=C1CC(=C)c2cc3c(cc21)C(=NC)NC3=NC.CN=C1NC(=NC)c2cc3c(cc21)=NCN=3. The van der Waals surface area contributed by atoms with Crippen LogP contribution in [0.3, 0.4) is 0 Å². The Balaban J connectivity index is 0.000000142. The molecule has 4 aliphatic rings. The smallest absolute Gasteiger partial charge is 0.134 e. The van der Waals surface area contributed by atoms with Crippen molar-refractivity contribution in [1.82, 2.24) is 10.6 Å². The summed E-state index contributed by atoms with van der Waals surface area (Å²) in [5.74, 6) is 3.44. The molecule has 0 fully saturated rings. The molecule has 0 aromatic heterocycles. The van der Waals surface area contributed by atoms with E-state index in [2.05, 4.69) is 65.9 Å². The summed E-state index contributed by atoms with van der Waals surface area (Å²) in [6.45, 7) is 8.75. The third-order valence-electron chi connectivity index (χ3n) is 6.33. The van der Waals surface area contributed by atoms with Gasteiger partial charge in [0.05, 0.1) is 10.7 Å². The van der Waals surface area contributed by atoms with Crippen LogP contribution < -0.4 is 21.3 Å². The molecule has 170 valence electrons. The average molecular weight is 451 g/mol. The van der Waals surface area contributed by atoms with E-state index in [9.17, 15) is 0 Å². The molecule has 0 spiro atoms. The highest BCUT2D eigenvalue weighted by atomic mass is 15.1. The van der Waals surface area contributed by atoms with Crippen LogP contribution in [-0.2, 0) is 0 Å².